The largest absolute Gasteiger partial charge is 0.468 e. The van der Waals surface area contributed by atoms with Crippen molar-refractivity contribution in [2.45, 2.75) is 12.1 Å². The quantitative estimate of drug-likeness (QED) is 0.582. The molecule has 0 saturated carbocycles. The van der Waals surface area contributed by atoms with Gasteiger partial charge >= 0.3 is 12.1 Å². The van der Waals surface area contributed by atoms with Gasteiger partial charge in [-0.15, -0.1) is 0 Å². The number of rotatable bonds is 2. The van der Waals surface area contributed by atoms with Crippen LogP contribution in [0.15, 0.2) is 24.3 Å². The van der Waals surface area contributed by atoms with Gasteiger partial charge in [0.05, 0.1) is 7.11 Å². The van der Waals surface area contributed by atoms with Crippen molar-refractivity contribution in [3.63, 3.8) is 0 Å². The summed E-state index contributed by atoms with van der Waals surface area (Å²) in [6.07, 6.45) is -4.88. The molecule has 0 radical (unpaired) electrons. The van der Waals surface area contributed by atoms with Crippen LogP contribution >= 0.6 is 0 Å². The maximum absolute atomic E-state index is 13.2. The van der Waals surface area contributed by atoms with Crippen LogP contribution in [0.5, 0.6) is 0 Å². The first kappa shape index (κ1) is 12.5. The number of methoxy groups -OCH3 is 1. The van der Waals surface area contributed by atoms with E-state index in [1.54, 1.807) is 0 Å². The molecule has 0 amide bonds. The van der Waals surface area contributed by atoms with Gasteiger partial charge in [0.25, 0.3) is 0 Å². The van der Waals surface area contributed by atoms with Crippen molar-refractivity contribution in [3.8, 4) is 0 Å². The van der Waals surface area contributed by atoms with Crippen LogP contribution in [0, 0.1) is 5.82 Å². The maximum atomic E-state index is 13.2. The monoisotopic (exact) mass is 236 g/mol. The molecule has 1 rings (SSSR count). The molecule has 16 heavy (non-hydrogen) atoms. The fourth-order valence-corrected chi connectivity index (χ4v) is 1.26. The topological polar surface area (TPSA) is 26.3 Å². The number of carbonyl (C=O) groups excluding carboxylic acids is 1. The van der Waals surface area contributed by atoms with E-state index in [4.69, 9.17) is 0 Å². The molecular formula is C10H8F4O2. The van der Waals surface area contributed by atoms with Crippen LogP contribution in [-0.2, 0) is 9.53 Å². The molecule has 0 aromatic heterocycles. The van der Waals surface area contributed by atoms with Gasteiger partial charge in [0.15, 0.2) is 5.92 Å². The third-order valence-electron chi connectivity index (χ3n) is 1.98. The van der Waals surface area contributed by atoms with E-state index in [0.29, 0.717) is 0 Å². The molecule has 1 aromatic rings. The summed E-state index contributed by atoms with van der Waals surface area (Å²) in [7, 11) is 0.821. The molecule has 1 aromatic carbocycles. The number of hydrogen-bond acceptors (Lipinski definition) is 2. The van der Waals surface area contributed by atoms with Crippen LogP contribution in [0.25, 0.3) is 0 Å². The molecule has 0 aliphatic carbocycles. The van der Waals surface area contributed by atoms with Crippen molar-refractivity contribution in [3.05, 3.63) is 35.6 Å². The molecule has 1 atom stereocenters. The minimum atomic E-state index is -4.88. The van der Waals surface area contributed by atoms with Crippen LogP contribution in [0.3, 0.4) is 0 Å². The van der Waals surface area contributed by atoms with E-state index in [9.17, 15) is 22.4 Å². The molecular weight excluding hydrogens is 228 g/mol. The van der Waals surface area contributed by atoms with Crippen LogP contribution in [0.1, 0.15) is 11.5 Å². The molecule has 0 aliphatic rings. The van der Waals surface area contributed by atoms with Crippen molar-refractivity contribution < 1.29 is 27.1 Å². The highest BCUT2D eigenvalue weighted by molar-refractivity contribution is 5.79. The van der Waals surface area contributed by atoms with Gasteiger partial charge in [-0.1, -0.05) is 18.2 Å². The Balaban J connectivity index is 3.23. The normalized spacial score (nSPS) is 13.3. The Kier molecular flexibility index (Phi) is 3.51. The highest BCUT2D eigenvalue weighted by Crippen LogP contribution is 2.36. The number of alkyl halides is 3. The minimum Gasteiger partial charge on any atom is -0.468 e. The Morgan fingerprint density at radius 3 is 2.31 bits per heavy atom. The second kappa shape index (κ2) is 4.51. The average Bonchev–Trinajstić information content (AvgIpc) is 2.19. The predicted octanol–water partition coefficient (Wildman–Crippen LogP) is 2.64. The zero-order chi connectivity index (χ0) is 12.3. The maximum Gasteiger partial charge on any atom is 0.406 e. The smallest absolute Gasteiger partial charge is 0.406 e. The molecule has 6 heteroatoms. The van der Waals surface area contributed by atoms with Gasteiger partial charge in [-0.3, -0.25) is 4.79 Å². The van der Waals surface area contributed by atoms with E-state index in [1.807, 2.05) is 0 Å². The summed E-state index contributed by atoms with van der Waals surface area (Å²) in [6, 6.07) is 4.23. The zero-order valence-electron chi connectivity index (χ0n) is 8.22. The molecule has 0 bridgehead atoms. The van der Waals surface area contributed by atoms with E-state index in [2.05, 4.69) is 4.74 Å². The molecule has 0 heterocycles. The summed E-state index contributed by atoms with van der Waals surface area (Å²) >= 11 is 0. The van der Waals surface area contributed by atoms with Crippen LogP contribution in [-0.4, -0.2) is 19.3 Å². The summed E-state index contributed by atoms with van der Waals surface area (Å²) in [5, 5.41) is 0. The average molecular weight is 236 g/mol. The van der Waals surface area contributed by atoms with Gasteiger partial charge in [-0.05, 0) is 6.07 Å². The third-order valence-corrected chi connectivity index (χ3v) is 1.98. The van der Waals surface area contributed by atoms with Crippen LogP contribution in [0.4, 0.5) is 17.6 Å². The van der Waals surface area contributed by atoms with Gasteiger partial charge < -0.3 is 4.74 Å². The number of esters is 1. The summed E-state index contributed by atoms with van der Waals surface area (Å²) < 4.78 is 54.8. The highest BCUT2D eigenvalue weighted by Gasteiger charge is 2.48. The zero-order valence-corrected chi connectivity index (χ0v) is 8.22. The van der Waals surface area contributed by atoms with E-state index in [-0.39, 0.29) is 0 Å². The summed E-state index contributed by atoms with van der Waals surface area (Å²) in [6.45, 7) is 0. The molecule has 0 saturated heterocycles. The second-order valence-electron chi connectivity index (χ2n) is 3.02. The first-order chi connectivity index (χ1) is 7.38. The van der Waals surface area contributed by atoms with Gasteiger partial charge in [0.2, 0.25) is 0 Å². The summed E-state index contributed by atoms with van der Waals surface area (Å²) in [5.74, 6) is -5.20. The van der Waals surface area contributed by atoms with Crippen molar-refractivity contribution in [2.75, 3.05) is 7.11 Å². The van der Waals surface area contributed by atoms with E-state index in [0.717, 1.165) is 19.2 Å². The molecule has 0 aliphatic heterocycles. The molecule has 0 fully saturated rings. The van der Waals surface area contributed by atoms with Gasteiger partial charge in [0.1, 0.15) is 5.82 Å². The van der Waals surface area contributed by atoms with E-state index >= 15 is 0 Å². The first-order valence-electron chi connectivity index (χ1n) is 4.27. The Morgan fingerprint density at radius 1 is 1.31 bits per heavy atom. The Bertz CT molecular complexity index is 387. The van der Waals surface area contributed by atoms with Gasteiger partial charge in [-0.2, -0.15) is 13.2 Å². The third kappa shape index (κ3) is 2.50. The number of hydrogen-bond donors (Lipinski definition) is 0. The van der Waals surface area contributed by atoms with Crippen molar-refractivity contribution in [1.29, 1.82) is 0 Å². The predicted molar refractivity (Wildman–Crippen MR) is 47.2 cm³/mol. The van der Waals surface area contributed by atoms with Gasteiger partial charge in [0, 0.05) is 5.56 Å². The Morgan fingerprint density at radius 2 is 1.88 bits per heavy atom. The molecule has 2 nitrogen and oxygen atoms in total. The van der Waals surface area contributed by atoms with Crippen molar-refractivity contribution in [2.24, 2.45) is 0 Å². The lowest BCUT2D eigenvalue weighted by molar-refractivity contribution is -0.179. The lowest BCUT2D eigenvalue weighted by Gasteiger charge is -2.18. The van der Waals surface area contributed by atoms with Crippen molar-refractivity contribution >= 4 is 5.97 Å². The lowest BCUT2D eigenvalue weighted by Crippen LogP contribution is -2.30. The summed E-state index contributed by atoms with van der Waals surface area (Å²) in [5.41, 5.74) is -0.734. The second-order valence-corrected chi connectivity index (χ2v) is 3.02. The number of benzene rings is 1. The van der Waals surface area contributed by atoms with E-state index < -0.39 is 29.4 Å². The fourth-order valence-electron chi connectivity index (χ4n) is 1.26. The summed E-state index contributed by atoms with van der Waals surface area (Å²) in [4.78, 5) is 11.0. The standard InChI is InChI=1S/C10H8F4O2/c1-16-9(15)8(10(12,13)14)6-4-2-3-5-7(6)11/h2-5,8H,1H3. The number of ether oxygens (including phenoxy) is 1. The minimum absolute atomic E-state index is 0.734. The highest BCUT2D eigenvalue weighted by atomic mass is 19.4. The fraction of sp³-hybridized carbons (Fsp3) is 0.300. The number of carbonyl (C=O) groups is 1. The van der Waals surface area contributed by atoms with Crippen LogP contribution < -0.4 is 0 Å². The van der Waals surface area contributed by atoms with Gasteiger partial charge in [-0.25, -0.2) is 4.39 Å². The lowest BCUT2D eigenvalue weighted by atomic mass is 9.98. The first-order valence-corrected chi connectivity index (χ1v) is 4.27. The SMILES string of the molecule is COC(=O)C(c1ccccc1F)C(F)(F)F. The molecule has 88 valence electrons. The Hall–Kier alpha value is -1.59. The molecule has 0 spiro atoms. The van der Waals surface area contributed by atoms with E-state index in [1.165, 1.54) is 12.1 Å². The Labute approximate surface area is 88.8 Å². The van der Waals surface area contributed by atoms with Crippen LogP contribution in [0.2, 0.25) is 0 Å². The number of halogens is 4. The molecule has 0 N–H and O–H groups in total. The van der Waals surface area contributed by atoms with Crippen molar-refractivity contribution in [1.82, 2.24) is 0 Å². The molecule has 1 unspecified atom stereocenters.